The van der Waals surface area contributed by atoms with E-state index in [1.165, 1.54) is 5.01 Å². The van der Waals surface area contributed by atoms with Crippen LogP contribution >= 0.6 is 23.2 Å². The zero-order chi connectivity index (χ0) is 14.5. The number of alkyl halides is 2. The summed E-state index contributed by atoms with van der Waals surface area (Å²) in [5.41, 5.74) is 4.24. The number of hydrogen-bond acceptors (Lipinski definition) is 3. The third kappa shape index (κ3) is 3.78. The van der Waals surface area contributed by atoms with E-state index < -0.39 is 4.84 Å². The molecule has 1 saturated heterocycles. The lowest BCUT2D eigenvalue weighted by Crippen LogP contribution is -2.52. The number of ether oxygens (including phenoxy) is 1. The Kier molecular flexibility index (Phi) is 5.52. The molecule has 1 aromatic rings. The van der Waals surface area contributed by atoms with Gasteiger partial charge >= 0.3 is 6.09 Å². The van der Waals surface area contributed by atoms with Crippen LogP contribution in [0.3, 0.4) is 0 Å². The van der Waals surface area contributed by atoms with Crippen molar-refractivity contribution in [3.63, 3.8) is 0 Å². The third-order valence-electron chi connectivity index (χ3n) is 3.32. The molecule has 0 unspecified atom stereocenters. The number of hydrogen-bond donors (Lipinski definition) is 1. The fourth-order valence-corrected chi connectivity index (χ4v) is 2.63. The molecule has 0 spiro atoms. The van der Waals surface area contributed by atoms with Crippen molar-refractivity contribution in [3.05, 3.63) is 35.9 Å². The van der Waals surface area contributed by atoms with Gasteiger partial charge in [-0.2, -0.15) is 0 Å². The summed E-state index contributed by atoms with van der Waals surface area (Å²) in [4.78, 5) is 11.2. The molecule has 1 amide bonds. The Labute approximate surface area is 129 Å². The second kappa shape index (κ2) is 7.16. The number of nitrogens with zero attached hydrogens (tertiary/aromatic N) is 1. The van der Waals surface area contributed by atoms with Gasteiger partial charge in [0.1, 0.15) is 11.4 Å². The van der Waals surface area contributed by atoms with Crippen LogP contribution in [0.1, 0.15) is 18.9 Å². The van der Waals surface area contributed by atoms with E-state index >= 15 is 0 Å². The first-order valence-electron chi connectivity index (χ1n) is 6.66. The van der Waals surface area contributed by atoms with Crippen molar-refractivity contribution >= 4 is 29.3 Å². The molecule has 1 aliphatic rings. The number of amides is 1. The quantitative estimate of drug-likeness (QED) is 0.820. The average Bonchev–Trinajstić information content (AvgIpc) is 2.77. The molecule has 1 aromatic carbocycles. The first-order chi connectivity index (χ1) is 9.61. The number of carbonyl (C=O) groups excluding carboxylic acids is 1. The normalized spacial score (nSPS) is 20.3. The largest absolute Gasteiger partial charge is 0.446 e. The number of halogens is 2. The molecule has 1 fully saturated rings. The van der Waals surface area contributed by atoms with Crippen molar-refractivity contribution in [1.82, 2.24) is 10.4 Å². The number of hydrazine groups is 1. The number of nitrogens with one attached hydrogen (secondary N) is 1. The highest BCUT2D eigenvalue weighted by Gasteiger charge is 2.35. The van der Waals surface area contributed by atoms with Gasteiger partial charge in [0.2, 0.25) is 0 Å². The highest BCUT2D eigenvalue weighted by Crippen LogP contribution is 2.18. The van der Waals surface area contributed by atoms with Gasteiger partial charge in [-0.3, -0.25) is 0 Å². The third-order valence-corrected chi connectivity index (χ3v) is 3.93. The van der Waals surface area contributed by atoms with Crippen molar-refractivity contribution in [2.45, 2.75) is 36.7 Å². The van der Waals surface area contributed by atoms with Crippen LogP contribution in [0.4, 0.5) is 4.79 Å². The van der Waals surface area contributed by atoms with Gasteiger partial charge in [-0.05, 0) is 18.4 Å². The van der Waals surface area contributed by atoms with Crippen LogP contribution in [-0.4, -0.2) is 34.6 Å². The van der Waals surface area contributed by atoms with Crippen LogP contribution in [0.2, 0.25) is 0 Å². The first kappa shape index (κ1) is 15.4. The SMILES string of the molecule is CC[C@@H](NN1C(=O)OC[C@@H]1Cc1ccccc1)C(Cl)Cl. The van der Waals surface area contributed by atoms with Gasteiger partial charge in [0, 0.05) is 0 Å². The van der Waals surface area contributed by atoms with Crippen LogP contribution in [0.25, 0.3) is 0 Å². The van der Waals surface area contributed by atoms with Gasteiger partial charge in [-0.1, -0.05) is 37.3 Å². The minimum atomic E-state index is -0.578. The van der Waals surface area contributed by atoms with Gasteiger partial charge in [-0.15, -0.1) is 23.2 Å². The summed E-state index contributed by atoms with van der Waals surface area (Å²) in [5, 5.41) is 1.51. The Morgan fingerprint density at radius 3 is 2.70 bits per heavy atom. The molecule has 4 nitrogen and oxygen atoms in total. The molecule has 6 heteroatoms. The fourth-order valence-electron chi connectivity index (χ4n) is 2.16. The smallest absolute Gasteiger partial charge is 0.424 e. The van der Waals surface area contributed by atoms with Gasteiger partial charge in [0.25, 0.3) is 0 Å². The summed E-state index contributed by atoms with van der Waals surface area (Å²) in [5.74, 6) is 0. The predicted molar refractivity (Wildman–Crippen MR) is 79.8 cm³/mol. The van der Waals surface area contributed by atoms with Gasteiger partial charge < -0.3 is 4.74 Å². The van der Waals surface area contributed by atoms with Gasteiger partial charge in [-0.25, -0.2) is 15.2 Å². The maximum Gasteiger partial charge on any atom is 0.424 e. The Balaban J connectivity index is 2.03. The zero-order valence-corrected chi connectivity index (χ0v) is 12.8. The molecule has 110 valence electrons. The average molecular weight is 317 g/mol. The molecule has 1 N–H and O–H groups in total. The molecule has 0 aromatic heterocycles. The highest BCUT2D eigenvalue weighted by atomic mass is 35.5. The summed E-state index contributed by atoms with van der Waals surface area (Å²) in [6.07, 6.45) is 1.07. The van der Waals surface area contributed by atoms with Crippen LogP contribution in [0.15, 0.2) is 30.3 Å². The van der Waals surface area contributed by atoms with Crippen molar-refractivity contribution in [3.8, 4) is 0 Å². The van der Waals surface area contributed by atoms with E-state index in [4.69, 9.17) is 27.9 Å². The Hall–Kier alpha value is -0.970. The highest BCUT2D eigenvalue weighted by molar-refractivity contribution is 6.44. The second-order valence-corrected chi connectivity index (χ2v) is 5.93. The first-order valence-corrected chi connectivity index (χ1v) is 7.53. The summed E-state index contributed by atoms with van der Waals surface area (Å²) in [6.45, 7) is 2.33. The van der Waals surface area contributed by atoms with Gasteiger partial charge in [0.05, 0.1) is 12.1 Å². The lowest BCUT2D eigenvalue weighted by molar-refractivity contribution is 0.131. The molecule has 1 aliphatic heterocycles. The van der Waals surface area contributed by atoms with E-state index in [-0.39, 0.29) is 18.2 Å². The molecule has 0 aliphatic carbocycles. The Bertz CT molecular complexity index is 442. The minimum absolute atomic E-state index is 0.0500. The second-order valence-electron chi connectivity index (χ2n) is 4.77. The molecule has 20 heavy (non-hydrogen) atoms. The molecule has 0 saturated carbocycles. The molecular formula is C14H18Cl2N2O2. The zero-order valence-electron chi connectivity index (χ0n) is 11.3. The van der Waals surface area contributed by atoms with Crippen molar-refractivity contribution in [2.75, 3.05) is 6.61 Å². The van der Waals surface area contributed by atoms with Crippen molar-refractivity contribution < 1.29 is 9.53 Å². The standard InChI is InChI=1S/C14H18Cl2N2O2/c1-2-12(13(15)16)17-18-11(9-20-14(18)19)8-10-6-4-3-5-7-10/h3-7,11-13,17H,2,8-9H2,1H3/t11-,12+/m0/s1. The van der Waals surface area contributed by atoms with Crippen LogP contribution in [0.5, 0.6) is 0 Å². The minimum Gasteiger partial charge on any atom is -0.446 e. The van der Waals surface area contributed by atoms with E-state index in [1.807, 2.05) is 37.3 Å². The maximum absolute atomic E-state index is 11.8. The Morgan fingerprint density at radius 2 is 2.10 bits per heavy atom. The topological polar surface area (TPSA) is 41.6 Å². The van der Waals surface area contributed by atoms with E-state index in [1.54, 1.807) is 0 Å². The number of cyclic esters (lactones) is 1. The Morgan fingerprint density at radius 1 is 1.40 bits per heavy atom. The molecule has 2 atom stereocenters. The lowest BCUT2D eigenvalue weighted by Gasteiger charge is -2.28. The van der Waals surface area contributed by atoms with Crippen LogP contribution < -0.4 is 5.43 Å². The molecule has 2 rings (SSSR count). The summed E-state index contributed by atoms with van der Waals surface area (Å²) in [6, 6.07) is 9.76. The summed E-state index contributed by atoms with van der Waals surface area (Å²) in [7, 11) is 0. The molecule has 0 bridgehead atoms. The molecule has 1 heterocycles. The van der Waals surface area contributed by atoms with Crippen LogP contribution in [0, 0.1) is 0 Å². The fraction of sp³-hybridized carbons (Fsp3) is 0.500. The van der Waals surface area contributed by atoms with E-state index in [9.17, 15) is 4.79 Å². The summed E-state index contributed by atoms with van der Waals surface area (Å²) < 4.78 is 5.11. The van der Waals surface area contributed by atoms with E-state index in [0.717, 1.165) is 18.4 Å². The number of carbonyl (C=O) groups is 1. The van der Waals surface area contributed by atoms with Crippen molar-refractivity contribution in [2.24, 2.45) is 0 Å². The molecular weight excluding hydrogens is 299 g/mol. The maximum atomic E-state index is 11.8. The summed E-state index contributed by atoms with van der Waals surface area (Å²) >= 11 is 11.8. The van der Waals surface area contributed by atoms with E-state index in [2.05, 4.69) is 5.43 Å². The number of rotatable bonds is 6. The van der Waals surface area contributed by atoms with Gasteiger partial charge in [0.15, 0.2) is 0 Å². The van der Waals surface area contributed by atoms with E-state index in [0.29, 0.717) is 6.61 Å². The number of benzene rings is 1. The predicted octanol–water partition coefficient (Wildman–Crippen LogP) is 3.14. The lowest BCUT2D eigenvalue weighted by atomic mass is 10.1. The monoisotopic (exact) mass is 316 g/mol. The van der Waals surface area contributed by atoms with Crippen molar-refractivity contribution in [1.29, 1.82) is 0 Å². The molecule has 0 radical (unpaired) electrons. The van der Waals surface area contributed by atoms with Crippen LogP contribution in [-0.2, 0) is 11.2 Å².